The highest BCUT2D eigenvalue weighted by Crippen LogP contribution is 2.39. The Morgan fingerprint density at radius 2 is 2.10 bits per heavy atom. The van der Waals surface area contributed by atoms with Crippen LogP contribution in [0.2, 0.25) is 0 Å². The van der Waals surface area contributed by atoms with Crippen molar-refractivity contribution in [2.45, 2.75) is 18.7 Å². The average Bonchev–Trinajstić information content (AvgIpc) is 2.93. The molecule has 2 heterocycles. The van der Waals surface area contributed by atoms with Crippen molar-refractivity contribution in [3.05, 3.63) is 23.9 Å². The van der Waals surface area contributed by atoms with E-state index in [-0.39, 0.29) is 12.8 Å². The van der Waals surface area contributed by atoms with Crippen LogP contribution in [-0.2, 0) is 4.74 Å². The molecule has 0 spiro atoms. The standard InChI is InChI=1S/C15H15NO4S/c1-3-18-15(17)10-7-16-11-6-13-12(19-8-20-13)5-9(11)14(10)21-4-2/h5-7H,3-4,8H2,1-2H3. The molecular formula is C15H15NO4S. The number of pyridine rings is 1. The minimum absolute atomic E-state index is 0.215. The fourth-order valence-corrected chi connectivity index (χ4v) is 3.11. The third-order valence-corrected chi connectivity index (χ3v) is 4.11. The van der Waals surface area contributed by atoms with Crippen LogP contribution in [-0.4, -0.2) is 30.1 Å². The summed E-state index contributed by atoms with van der Waals surface area (Å²) in [4.78, 5) is 17.3. The van der Waals surface area contributed by atoms with Crippen LogP contribution < -0.4 is 9.47 Å². The lowest BCUT2D eigenvalue weighted by Gasteiger charge is -2.11. The lowest BCUT2D eigenvalue weighted by molar-refractivity contribution is 0.0522. The number of carbonyl (C=O) groups is 1. The predicted molar refractivity (Wildman–Crippen MR) is 80.2 cm³/mol. The first-order chi connectivity index (χ1) is 10.2. The maximum absolute atomic E-state index is 12.1. The predicted octanol–water partition coefficient (Wildman–Crippen LogP) is 3.25. The number of nitrogens with zero attached hydrogens (tertiary/aromatic N) is 1. The lowest BCUT2D eigenvalue weighted by atomic mass is 10.1. The van der Waals surface area contributed by atoms with Gasteiger partial charge >= 0.3 is 5.97 Å². The number of rotatable bonds is 4. The molecule has 1 aromatic heterocycles. The highest BCUT2D eigenvalue weighted by molar-refractivity contribution is 7.99. The van der Waals surface area contributed by atoms with E-state index in [0.29, 0.717) is 23.7 Å². The van der Waals surface area contributed by atoms with E-state index in [2.05, 4.69) is 4.98 Å². The molecule has 1 aliphatic rings. The Hall–Kier alpha value is -1.95. The van der Waals surface area contributed by atoms with Gasteiger partial charge in [-0.15, -0.1) is 11.8 Å². The van der Waals surface area contributed by atoms with E-state index in [0.717, 1.165) is 21.6 Å². The van der Waals surface area contributed by atoms with Crippen molar-refractivity contribution in [2.75, 3.05) is 19.2 Å². The smallest absolute Gasteiger partial charge is 0.340 e. The molecule has 0 N–H and O–H groups in total. The number of hydrogen-bond acceptors (Lipinski definition) is 6. The molecule has 0 saturated carbocycles. The molecule has 3 rings (SSSR count). The molecule has 110 valence electrons. The van der Waals surface area contributed by atoms with E-state index < -0.39 is 0 Å². The number of hydrogen-bond donors (Lipinski definition) is 0. The topological polar surface area (TPSA) is 57.7 Å². The van der Waals surface area contributed by atoms with Gasteiger partial charge in [0, 0.05) is 22.5 Å². The van der Waals surface area contributed by atoms with Gasteiger partial charge in [-0.25, -0.2) is 4.79 Å². The van der Waals surface area contributed by atoms with E-state index in [4.69, 9.17) is 14.2 Å². The van der Waals surface area contributed by atoms with Crippen molar-refractivity contribution >= 4 is 28.6 Å². The van der Waals surface area contributed by atoms with Gasteiger partial charge in [0.2, 0.25) is 6.79 Å². The van der Waals surface area contributed by atoms with E-state index in [1.165, 1.54) is 0 Å². The second-order valence-corrected chi connectivity index (χ2v) is 5.65. The van der Waals surface area contributed by atoms with Crippen LogP contribution in [0.3, 0.4) is 0 Å². The molecule has 0 aliphatic carbocycles. The van der Waals surface area contributed by atoms with Crippen LogP contribution >= 0.6 is 11.8 Å². The van der Waals surface area contributed by atoms with Gasteiger partial charge in [0.25, 0.3) is 0 Å². The molecule has 1 aliphatic heterocycles. The Morgan fingerprint density at radius 3 is 2.81 bits per heavy atom. The van der Waals surface area contributed by atoms with Crippen LogP contribution in [0, 0.1) is 0 Å². The summed E-state index contributed by atoms with van der Waals surface area (Å²) in [6.45, 7) is 4.39. The van der Waals surface area contributed by atoms with Crippen LogP contribution in [0.5, 0.6) is 11.5 Å². The zero-order valence-electron chi connectivity index (χ0n) is 11.8. The van der Waals surface area contributed by atoms with Crippen molar-refractivity contribution in [3.8, 4) is 11.5 Å². The molecule has 0 unspecified atom stereocenters. The fraction of sp³-hybridized carbons (Fsp3) is 0.333. The van der Waals surface area contributed by atoms with Gasteiger partial charge in [-0.2, -0.15) is 0 Å². The molecule has 5 nitrogen and oxygen atoms in total. The number of fused-ring (bicyclic) bond motifs is 2. The fourth-order valence-electron chi connectivity index (χ4n) is 2.21. The van der Waals surface area contributed by atoms with Gasteiger partial charge in [-0.1, -0.05) is 6.92 Å². The summed E-state index contributed by atoms with van der Waals surface area (Å²) in [5.41, 5.74) is 1.28. The van der Waals surface area contributed by atoms with E-state index in [1.807, 2.05) is 19.1 Å². The minimum atomic E-state index is -0.347. The van der Waals surface area contributed by atoms with Crippen LogP contribution in [0.4, 0.5) is 0 Å². The molecule has 2 aromatic rings. The van der Waals surface area contributed by atoms with E-state index in [1.54, 1.807) is 24.9 Å². The zero-order chi connectivity index (χ0) is 14.8. The number of aromatic nitrogens is 1. The van der Waals surface area contributed by atoms with Crippen molar-refractivity contribution < 1.29 is 19.0 Å². The largest absolute Gasteiger partial charge is 0.462 e. The Kier molecular flexibility index (Phi) is 3.88. The van der Waals surface area contributed by atoms with Crippen LogP contribution in [0.15, 0.2) is 23.2 Å². The van der Waals surface area contributed by atoms with Gasteiger partial charge in [0.15, 0.2) is 11.5 Å². The number of carbonyl (C=O) groups excluding carboxylic acids is 1. The lowest BCUT2D eigenvalue weighted by Crippen LogP contribution is -2.07. The monoisotopic (exact) mass is 305 g/mol. The molecular weight excluding hydrogens is 290 g/mol. The molecule has 6 heteroatoms. The highest BCUT2D eigenvalue weighted by atomic mass is 32.2. The van der Waals surface area contributed by atoms with Crippen LogP contribution in [0.1, 0.15) is 24.2 Å². The van der Waals surface area contributed by atoms with Gasteiger partial charge < -0.3 is 14.2 Å². The summed E-state index contributed by atoms with van der Waals surface area (Å²) in [7, 11) is 0. The minimum Gasteiger partial charge on any atom is -0.462 e. The third kappa shape index (κ3) is 2.51. The maximum Gasteiger partial charge on any atom is 0.340 e. The average molecular weight is 305 g/mol. The quantitative estimate of drug-likeness (QED) is 0.638. The summed E-state index contributed by atoms with van der Waals surface area (Å²) >= 11 is 1.59. The summed E-state index contributed by atoms with van der Waals surface area (Å²) in [6, 6.07) is 3.72. The van der Waals surface area contributed by atoms with Crippen molar-refractivity contribution in [1.82, 2.24) is 4.98 Å². The maximum atomic E-state index is 12.1. The van der Waals surface area contributed by atoms with Gasteiger partial charge in [-0.05, 0) is 18.7 Å². The van der Waals surface area contributed by atoms with E-state index in [9.17, 15) is 4.79 Å². The molecule has 0 bridgehead atoms. The summed E-state index contributed by atoms with van der Waals surface area (Å²) in [5.74, 6) is 1.87. The normalized spacial score (nSPS) is 12.7. The molecule has 0 radical (unpaired) electrons. The number of benzene rings is 1. The summed E-state index contributed by atoms with van der Waals surface area (Å²) in [5, 5.41) is 0.886. The Bertz CT molecular complexity index is 702. The zero-order valence-corrected chi connectivity index (χ0v) is 12.7. The van der Waals surface area contributed by atoms with E-state index >= 15 is 0 Å². The number of thioether (sulfide) groups is 1. The number of ether oxygens (including phenoxy) is 3. The Balaban J connectivity index is 2.18. The molecule has 0 fully saturated rings. The highest BCUT2D eigenvalue weighted by Gasteiger charge is 2.21. The molecule has 0 atom stereocenters. The van der Waals surface area contributed by atoms with Crippen molar-refractivity contribution in [3.63, 3.8) is 0 Å². The number of esters is 1. The van der Waals surface area contributed by atoms with Gasteiger partial charge in [0.05, 0.1) is 17.7 Å². The van der Waals surface area contributed by atoms with Crippen molar-refractivity contribution in [2.24, 2.45) is 0 Å². The van der Waals surface area contributed by atoms with Gasteiger partial charge in [0.1, 0.15) is 0 Å². The second kappa shape index (κ2) is 5.81. The third-order valence-electron chi connectivity index (χ3n) is 3.10. The van der Waals surface area contributed by atoms with Crippen molar-refractivity contribution in [1.29, 1.82) is 0 Å². The van der Waals surface area contributed by atoms with Gasteiger partial charge in [-0.3, -0.25) is 4.98 Å². The summed E-state index contributed by atoms with van der Waals surface area (Å²) < 4.78 is 15.9. The molecule has 1 aromatic carbocycles. The first-order valence-corrected chi connectivity index (χ1v) is 7.75. The first-order valence-electron chi connectivity index (χ1n) is 6.76. The first kappa shape index (κ1) is 14.0. The second-order valence-electron chi connectivity index (χ2n) is 4.38. The summed E-state index contributed by atoms with van der Waals surface area (Å²) in [6.07, 6.45) is 1.57. The molecule has 21 heavy (non-hydrogen) atoms. The Morgan fingerprint density at radius 1 is 1.33 bits per heavy atom. The van der Waals surface area contributed by atoms with Crippen LogP contribution in [0.25, 0.3) is 10.9 Å². The molecule has 0 saturated heterocycles. The SMILES string of the molecule is CCOC(=O)c1cnc2cc3c(cc2c1SCC)OCO3. The molecule has 0 amide bonds. The Labute approximate surface area is 126 Å².